The lowest BCUT2D eigenvalue weighted by Crippen LogP contribution is -2.31. The van der Waals surface area contributed by atoms with Gasteiger partial charge in [0.25, 0.3) is 0 Å². The van der Waals surface area contributed by atoms with Crippen molar-refractivity contribution in [3.63, 3.8) is 0 Å². The zero-order valence-corrected chi connectivity index (χ0v) is 12.6. The number of hydrogen-bond acceptors (Lipinski definition) is 3. The Balaban J connectivity index is 2.08. The molecule has 0 radical (unpaired) electrons. The molecule has 0 saturated heterocycles. The fourth-order valence-electron chi connectivity index (χ4n) is 2.73. The summed E-state index contributed by atoms with van der Waals surface area (Å²) < 4.78 is 30.3. The highest BCUT2D eigenvalue weighted by Crippen LogP contribution is 2.30. The lowest BCUT2D eigenvalue weighted by atomic mass is 10.0. The largest absolute Gasteiger partial charge is 0.611 e. The molecule has 3 atom stereocenters. The molecule has 2 N–H and O–H groups in total. The molecular weight excluding hydrogens is 277 g/mol. The molecule has 0 aliphatic heterocycles. The average Bonchev–Trinajstić information content (AvgIpc) is 3.02. The summed E-state index contributed by atoms with van der Waals surface area (Å²) in [5, 5.41) is 0.284. The second-order valence-electron chi connectivity index (χ2n) is 5.25. The molecule has 20 heavy (non-hydrogen) atoms. The van der Waals surface area contributed by atoms with Gasteiger partial charge in [0.2, 0.25) is 0 Å². The van der Waals surface area contributed by atoms with Gasteiger partial charge in [-0.15, -0.1) is 0 Å². The van der Waals surface area contributed by atoms with Crippen molar-refractivity contribution in [3.8, 4) is 0 Å². The van der Waals surface area contributed by atoms with E-state index in [-0.39, 0.29) is 5.25 Å². The van der Waals surface area contributed by atoms with E-state index < -0.39 is 30.0 Å². The first-order valence-corrected chi connectivity index (χ1v) is 8.23. The molecule has 0 spiro atoms. The number of benzene rings is 1. The van der Waals surface area contributed by atoms with Gasteiger partial charge in [-0.3, -0.25) is 0 Å². The number of hydrogen-bond donors (Lipinski definition) is 1. The maximum atomic E-state index is 12.7. The van der Waals surface area contributed by atoms with Gasteiger partial charge in [-0.25, -0.2) is 4.39 Å². The van der Waals surface area contributed by atoms with Crippen molar-refractivity contribution >= 4 is 11.2 Å². The molecule has 0 bridgehead atoms. The Morgan fingerprint density at radius 1 is 1.35 bits per heavy atom. The monoisotopic (exact) mass is 299 g/mol. The molecule has 0 aromatic heterocycles. The lowest BCUT2D eigenvalue weighted by Gasteiger charge is -2.21. The Hall–Kier alpha value is -0.620. The van der Waals surface area contributed by atoms with Crippen molar-refractivity contribution in [2.24, 2.45) is 5.73 Å². The average molecular weight is 299 g/mol. The van der Waals surface area contributed by atoms with Crippen molar-refractivity contribution in [2.75, 3.05) is 13.8 Å². The second-order valence-corrected chi connectivity index (χ2v) is 6.98. The van der Waals surface area contributed by atoms with Crippen LogP contribution < -0.4 is 5.73 Å². The molecule has 5 heteroatoms. The van der Waals surface area contributed by atoms with Crippen LogP contribution in [0.4, 0.5) is 4.39 Å². The number of nitrogens with two attached hydrogens (primary N) is 1. The highest BCUT2D eigenvalue weighted by atomic mass is 32.2. The molecule has 1 aromatic carbocycles. The Morgan fingerprint density at radius 3 is 2.45 bits per heavy atom. The van der Waals surface area contributed by atoms with Crippen molar-refractivity contribution in [3.05, 3.63) is 29.8 Å². The minimum absolute atomic E-state index is 0.284. The summed E-state index contributed by atoms with van der Waals surface area (Å²) in [4.78, 5) is 0.837. The van der Waals surface area contributed by atoms with E-state index in [0.717, 1.165) is 23.3 Å². The molecule has 1 fully saturated rings. The van der Waals surface area contributed by atoms with E-state index in [1.54, 1.807) is 0 Å². The van der Waals surface area contributed by atoms with Crippen molar-refractivity contribution < 1.29 is 13.7 Å². The minimum Gasteiger partial charge on any atom is -0.611 e. The standard InChI is InChI=1S/C15H22FNO2S/c1-19-15(14(17)10-16)11-6-8-13(9-7-11)20(18)12-4-2-3-5-12/h6-9,12,14-15H,2-5,10,17H2,1H3/t14-,15-,20?/m1/s1. The van der Waals surface area contributed by atoms with E-state index in [0.29, 0.717) is 0 Å². The van der Waals surface area contributed by atoms with Gasteiger partial charge in [0.15, 0.2) is 4.90 Å². The fraction of sp³-hybridized carbons (Fsp3) is 0.600. The highest BCUT2D eigenvalue weighted by Gasteiger charge is 2.28. The van der Waals surface area contributed by atoms with Gasteiger partial charge >= 0.3 is 0 Å². The predicted octanol–water partition coefficient (Wildman–Crippen LogP) is 2.72. The second kappa shape index (κ2) is 7.41. The smallest absolute Gasteiger partial charge is 0.152 e. The molecule has 1 unspecified atom stereocenters. The number of rotatable bonds is 6. The first-order chi connectivity index (χ1) is 9.67. The zero-order valence-electron chi connectivity index (χ0n) is 11.8. The van der Waals surface area contributed by atoms with E-state index >= 15 is 0 Å². The highest BCUT2D eigenvalue weighted by molar-refractivity contribution is 7.92. The SMILES string of the molecule is CO[C@H](c1ccc([S+]([O-])C2CCCC2)cc1)[C@H](N)CF. The van der Waals surface area contributed by atoms with Crippen molar-refractivity contribution in [1.82, 2.24) is 0 Å². The van der Waals surface area contributed by atoms with Gasteiger partial charge in [0.05, 0.1) is 12.1 Å². The maximum absolute atomic E-state index is 12.7. The molecule has 3 nitrogen and oxygen atoms in total. The minimum atomic E-state index is -0.941. The molecule has 1 aromatic rings. The number of alkyl halides is 1. The quantitative estimate of drug-likeness (QED) is 0.822. The van der Waals surface area contributed by atoms with E-state index in [9.17, 15) is 8.94 Å². The number of ether oxygens (including phenoxy) is 1. The summed E-state index contributed by atoms with van der Waals surface area (Å²) in [6, 6.07) is 6.70. The van der Waals surface area contributed by atoms with E-state index in [4.69, 9.17) is 10.5 Å². The van der Waals surface area contributed by atoms with Crippen LogP contribution in [0.5, 0.6) is 0 Å². The molecule has 1 aliphatic carbocycles. The van der Waals surface area contributed by atoms with Gasteiger partial charge in [-0.1, -0.05) is 12.1 Å². The molecule has 1 saturated carbocycles. The summed E-state index contributed by atoms with van der Waals surface area (Å²) >= 11 is -0.941. The van der Waals surface area contributed by atoms with Crippen LogP contribution in [0.2, 0.25) is 0 Å². The van der Waals surface area contributed by atoms with Crippen LogP contribution in [0.25, 0.3) is 0 Å². The Labute approximate surface area is 122 Å². The third-order valence-electron chi connectivity index (χ3n) is 3.87. The van der Waals surface area contributed by atoms with Crippen LogP contribution in [-0.2, 0) is 15.9 Å². The molecule has 1 aliphatic rings. The van der Waals surface area contributed by atoms with Crippen LogP contribution in [0.15, 0.2) is 29.2 Å². The number of methoxy groups -OCH3 is 1. The zero-order chi connectivity index (χ0) is 14.5. The predicted molar refractivity (Wildman–Crippen MR) is 78.8 cm³/mol. The van der Waals surface area contributed by atoms with Crippen molar-refractivity contribution in [1.29, 1.82) is 0 Å². The van der Waals surface area contributed by atoms with Gasteiger partial charge in [0.1, 0.15) is 11.9 Å². The van der Waals surface area contributed by atoms with E-state index in [1.165, 1.54) is 20.0 Å². The molecule has 0 heterocycles. The van der Waals surface area contributed by atoms with Crippen molar-refractivity contribution in [2.45, 2.75) is 48.0 Å². The van der Waals surface area contributed by atoms with E-state index in [2.05, 4.69) is 0 Å². The van der Waals surface area contributed by atoms with Crippen LogP contribution in [0.1, 0.15) is 37.4 Å². The van der Waals surface area contributed by atoms with Crippen LogP contribution in [0.3, 0.4) is 0 Å². The van der Waals surface area contributed by atoms with Gasteiger partial charge in [0, 0.05) is 7.11 Å². The first kappa shape index (κ1) is 15.8. The van der Waals surface area contributed by atoms with Gasteiger partial charge in [-0.2, -0.15) is 0 Å². The fourth-order valence-corrected chi connectivity index (χ4v) is 4.28. The van der Waals surface area contributed by atoms with Crippen LogP contribution in [0, 0.1) is 0 Å². The summed E-state index contributed by atoms with van der Waals surface area (Å²) in [5.41, 5.74) is 6.52. The Bertz CT molecular complexity index is 409. The van der Waals surface area contributed by atoms with Crippen LogP contribution in [-0.4, -0.2) is 29.6 Å². The first-order valence-electron chi connectivity index (χ1n) is 7.02. The normalized spacial score (nSPS) is 20.8. The Kier molecular flexibility index (Phi) is 5.84. The summed E-state index contributed by atoms with van der Waals surface area (Å²) in [6.45, 7) is -0.631. The molecular formula is C15H22FNO2S. The molecule has 0 amide bonds. The summed E-state index contributed by atoms with van der Waals surface area (Å²) in [6.07, 6.45) is 3.97. The van der Waals surface area contributed by atoms with Gasteiger partial charge < -0.3 is 15.0 Å². The van der Waals surface area contributed by atoms with E-state index in [1.807, 2.05) is 24.3 Å². The number of halogens is 1. The Morgan fingerprint density at radius 2 is 1.95 bits per heavy atom. The third-order valence-corrected chi connectivity index (χ3v) is 5.68. The molecule has 2 rings (SSSR count). The maximum Gasteiger partial charge on any atom is 0.152 e. The summed E-state index contributed by atoms with van der Waals surface area (Å²) in [5.74, 6) is 0. The summed E-state index contributed by atoms with van der Waals surface area (Å²) in [7, 11) is 1.52. The van der Waals surface area contributed by atoms with Gasteiger partial charge in [-0.05, 0) is 54.6 Å². The third kappa shape index (κ3) is 3.52. The topological polar surface area (TPSA) is 58.3 Å². The molecule has 112 valence electrons. The van der Waals surface area contributed by atoms with Crippen LogP contribution >= 0.6 is 0 Å². The lowest BCUT2D eigenvalue weighted by molar-refractivity contribution is 0.0720.